The fourth-order valence-electron chi connectivity index (χ4n) is 3.42. The van der Waals surface area contributed by atoms with E-state index in [0.717, 1.165) is 34.8 Å². The molecule has 0 amide bonds. The third-order valence-corrected chi connectivity index (χ3v) is 5.49. The zero-order valence-electron chi connectivity index (χ0n) is 17.4. The molecule has 0 aliphatic rings. The highest BCUT2D eigenvalue weighted by Crippen LogP contribution is 2.23. The fourth-order valence-corrected chi connectivity index (χ4v) is 3.42. The van der Waals surface area contributed by atoms with Gasteiger partial charge in [-0.25, -0.2) is 0 Å². The molecule has 0 saturated carbocycles. The summed E-state index contributed by atoms with van der Waals surface area (Å²) in [6, 6.07) is 13.9. The lowest BCUT2D eigenvalue weighted by atomic mass is 9.96. The Morgan fingerprint density at radius 2 is 1.75 bits per heavy atom. The first kappa shape index (κ1) is 22.2. The van der Waals surface area contributed by atoms with Crippen LogP contribution >= 0.6 is 0 Å². The van der Waals surface area contributed by atoms with Crippen LogP contribution in [0.4, 0.5) is 0 Å². The van der Waals surface area contributed by atoms with Crippen molar-refractivity contribution in [3.05, 3.63) is 70.8 Å². The Morgan fingerprint density at radius 1 is 1.00 bits per heavy atom. The van der Waals surface area contributed by atoms with Gasteiger partial charge in [-0.15, -0.1) is 0 Å². The van der Waals surface area contributed by atoms with Gasteiger partial charge in [0.25, 0.3) is 0 Å². The van der Waals surface area contributed by atoms with Crippen LogP contribution in [0, 0.1) is 5.92 Å². The quantitative estimate of drug-likeness (QED) is 0.511. The molecule has 0 atom stereocenters. The van der Waals surface area contributed by atoms with Crippen LogP contribution in [0.15, 0.2) is 48.5 Å². The lowest BCUT2D eigenvalue weighted by molar-refractivity contribution is 0.259. The molecule has 152 valence electrons. The minimum Gasteiger partial charge on any atom is -0.489 e. The summed E-state index contributed by atoms with van der Waals surface area (Å²) in [7, 11) is 0. The summed E-state index contributed by atoms with van der Waals surface area (Å²) < 4.78 is 5.96. The number of allylic oxidation sites excluding steroid dienone is 2. The second-order valence-corrected chi connectivity index (χ2v) is 7.38. The molecule has 0 aromatic heterocycles. The largest absolute Gasteiger partial charge is 0.489 e. The van der Waals surface area contributed by atoms with Gasteiger partial charge in [-0.1, -0.05) is 57.0 Å². The minimum atomic E-state index is -0.0832. The molecule has 0 aliphatic carbocycles. The third-order valence-electron chi connectivity index (χ3n) is 5.49. The van der Waals surface area contributed by atoms with Crippen molar-refractivity contribution in [1.82, 2.24) is 0 Å². The number of rotatable bonds is 11. The maximum absolute atomic E-state index is 9.44. The molecule has 28 heavy (non-hydrogen) atoms. The van der Waals surface area contributed by atoms with E-state index in [0.29, 0.717) is 6.61 Å². The lowest BCUT2D eigenvalue weighted by Crippen LogP contribution is -2.00. The molecule has 2 rings (SSSR count). The van der Waals surface area contributed by atoms with Gasteiger partial charge in [0.15, 0.2) is 0 Å². The van der Waals surface area contributed by atoms with Crippen molar-refractivity contribution in [2.45, 2.75) is 66.3 Å². The van der Waals surface area contributed by atoms with Gasteiger partial charge in [-0.05, 0) is 71.7 Å². The van der Waals surface area contributed by atoms with Gasteiger partial charge in [0.1, 0.15) is 12.4 Å². The van der Waals surface area contributed by atoms with E-state index < -0.39 is 0 Å². The molecule has 0 saturated heterocycles. The first-order valence-corrected chi connectivity index (χ1v) is 10.3. The van der Waals surface area contributed by atoms with Crippen molar-refractivity contribution >= 4 is 5.57 Å². The van der Waals surface area contributed by atoms with Gasteiger partial charge in [0.2, 0.25) is 0 Å². The van der Waals surface area contributed by atoms with Gasteiger partial charge in [-0.2, -0.15) is 0 Å². The molecule has 3 nitrogen and oxygen atoms in total. The van der Waals surface area contributed by atoms with Crippen LogP contribution in [0.5, 0.6) is 5.75 Å². The maximum Gasteiger partial charge on any atom is 0.120 e. The van der Waals surface area contributed by atoms with Crippen LogP contribution in [0.25, 0.3) is 5.57 Å². The normalized spacial score (nSPS) is 11.9. The average Bonchev–Trinajstić information content (AvgIpc) is 2.75. The number of ether oxygens (including phenoxy) is 1. The van der Waals surface area contributed by atoms with E-state index >= 15 is 0 Å². The van der Waals surface area contributed by atoms with Crippen LogP contribution in [0.2, 0.25) is 0 Å². The molecule has 0 heterocycles. The summed E-state index contributed by atoms with van der Waals surface area (Å²) in [6.45, 7) is 6.98. The fraction of sp³-hybridized carbons (Fsp3) is 0.440. The molecule has 2 aromatic rings. The Morgan fingerprint density at radius 3 is 2.43 bits per heavy atom. The molecule has 2 N–H and O–H groups in total. The van der Waals surface area contributed by atoms with Gasteiger partial charge < -0.3 is 14.9 Å². The molecule has 0 radical (unpaired) electrons. The second kappa shape index (κ2) is 11.7. The molecule has 0 fully saturated rings. The Bertz CT molecular complexity index is 760. The van der Waals surface area contributed by atoms with Crippen LogP contribution in [0.3, 0.4) is 0 Å². The molecule has 0 unspecified atom stereocenters. The number of hydrogen-bond acceptors (Lipinski definition) is 3. The van der Waals surface area contributed by atoms with E-state index in [1.807, 2.05) is 30.3 Å². The molecule has 2 aromatic carbocycles. The lowest BCUT2D eigenvalue weighted by Gasteiger charge is -2.12. The van der Waals surface area contributed by atoms with E-state index in [1.165, 1.54) is 30.4 Å². The van der Waals surface area contributed by atoms with Crippen molar-refractivity contribution in [2.75, 3.05) is 0 Å². The summed E-state index contributed by atoms with van der Waals surface area (Å²) in [6.07, 6.45) is 7.20. The monoisotopic (exact) mass is 382 g/mol. The molecule has 0 bridgehead atoms. The highest BCUT2D eigenvalue weighted by atomic mass is 16.5. The second-order valence-electron chi connectivity index (χ2n) is 7.38. The summed E-state index contributed by atoms with van der Waals surface area (Å²) in [5, 5.41) is 18.7. The van der Waals surface area contributed by atoms with Crippen molar-refractivity contribution < 1.29 is 14.9 Å². The first-order valence-electron chi connectivity index (χ1n) is 10.3. The van der Waals surface area contributed by atoms with E-state index in [1.54, 1.807) is 0 Å². The van der Waals surface area contributed by atoms with E-state index in [2.05, 4.69) is 39.0 Å². The van der Waals surface area contributed by atoms with E-state index in [-0.39, 0.29) is 13.2 Å². The zero-order chi connectivity index (χ0) is 20.4. The number of benzene rings is 2. The van der Waals surface area contributed by atoms with Gasteiger partial charge in [0.05, 0.1) is 13.2 Å². The molecule has 0 aliphatic heterocycles. The first-order chi connectivity index (χ1) is 13.6. The van der Waals surface area contributed by atoms with Crippen molar-refractivity contribution in [3.63, 3.8) is 0 Å². The van der Waals surface area contributed by atoms with Gasteiger partial charge in [-0.3, -0.25) is 0 Å². The summed E-state index contributed by atoms with van der Waals surface area (Å²) >= 11 is 0. The number of hydrogen-bond donors (Lipinski definition) is 2. The predicted molar refractivity (Wildman–Crippen MR) is 116 cm³/mol. The maximum atomic E-state index is 9.44. The standard InChI is InChI=1S/C25H34O3/c1-4-20(5-2)9-6-8-19(3)22-10-7-11-25(15-22)28-18-21-12-13-23(16-26)24(14-21)17-27/h7-8,10-15,20,26-27H,4-6,9,16-18H2,1-3H3/b19-8+. The van der Waals surface area contributed by atoms with Crippen molar-refractivity contribution in [2.24, 2.45) is 5.92 Å². The number of aliphatic hydroxyl groups excluding tert-OH is 2. The van der Waals surface area contributed by atoms with Crippen molar-refractivity contribution in [1.29, 1.82) is 0 Å². The molecular weight excluding hydrogens is 348 g/mol. The van der Waals surface area contributed by atoms with Crippen molar-refractivity contribution in [3.8, 4) is 5.75 Å². The van der Waals surface area contributed by atoms with Gasteiger partial charge >= 0.3 is 0 Å². The topological polar surface area (TPSA) is 49.7 Å². The summed E-state index contributed by atoms with van der Waals surface area (Å²) in [5.74, 6) is 1.65. The Kier molecular flexibility index (Phi) is 9.26. The van der Waals surface area contributed by atoms with Crippen LogP contribution in [-0.2, 0) is 19.8 Å². The van der Waals surface area contributed by atoms with Crippen LogP contribution in [0.1, 0.15) is 68.7 Å². The Balaban J connectivity index is 1.99. The molecule has 0 spiro atoms. The van der Waals surface area contributed by atoms with Gasteiger partial charge in [0, 0.05) is 0 Å². The molecule has 3 heteroatoms. The third kappa shape index (κ3) is 6.50. The molecular formula is C25H34O3. The Labute approximate surface area is 169 Å². The van der Waals surface area contributed by atoms with Crippen LogP contribution in [-0.4, -0.2) is 10.2 Å². The van der Waals surface area contributed by atoms with E-state index in [4.69, 9.17) is 4.74 Å². The number of aliphatic hydroxyl groups is 2. The van der Waals surface area contributed by atoms with Crippen LogP contribution < -0.4 is 4.74 Å². The minimum absolute atomic E-state index is 0.0675. The summed E-state index contributed by atoms with van der Waals surface area (Å²) in [4.78, 5) is 0. The SMILES string of the molecule is CCC(CC)CC/C=C(\C)c1cccc(OCc2ccc(CO)c(CO)c2)c1. The zero-order valence-corrected chi connectivity index (χ0v) is 17.4. The Hall–Kier alpha value is -2.10. The smallest absolute Gasteiger partial charge is 0.120 e. The summed E-state index contributed by atoms with van der Waals surface area (Å²) in [5.41, 5.74) is 4.94. The van der Waals surface area contributed by atoms with E-state index in [9.17, 15) is 10.2 Å². The average molecular weight is 383 g/mol. The highest BCUT2D eigenvalue weighted by Gasteiger charge is 2.05. The predicted octanol–water partition coefficient (Wildman–Crippen LogP) is 5.87. The highest BCUT2D eigenvalue weighted by molar-refractivity contribution is 5.64.